The van der Waals surface area contributed by atoms with Gasteiger partial charge in [0.15, 0.2) is 5.25 Å². The van der Waals surface area contributed by atoms with Crippen molar-refractivity contribution in [1.29, 1.82) is 0 Å². The van der Waals surface area contributed by atoms with Crippen molar-refractivity contribution in [2.24, 2.45) is 0 Å². The van der Waals surface area contributed by atoms with Gasteiger partial charge in [-0.2, -0.15) is 13.7 Å². The number of hydrogen-bond donors (Lipinski definition) is 2. The molecule has 6 nitrogen and oxygen atoms in total. The van der Waals surface area contributed by atoms with E-state index < -0.39 is 21.3 Å². The molecule has 90 valence electrons. The first-order chi connectivity index (χ1) is 6.93. The van der Waals surface area contributed by atoms with E-state index in [1.54, 1.807) is 0 Å². The Morgan fingerprint density at radius 1 is 1.33 bits per heavy atom. The molecule has 0 aliphatic heterocycles. The van der Waals surface area contributed by atoms with Crippen LogP contribution in [0.2, 0.25) is 0 Å². The first-order valence-electron chi connectivity index (χ1n) is 4.75. The maximum atomic E-state index is 10.8. The summed E-state index contributed by atoms with van der Waals surface area (Å²) in [6.45, 7) is 1.99. The number of unbranched alkanes of at least 4 members (excludes halogenated alkanes) is 3. The van der Waals surface area contributed by atoms with Crippen molar-refractivity contribution in [3.63, 3.8) is 0 Å². The zero-order valence-electron chi connectivity index (χ0n) is 8.55. The Morgan fingerprint density at radius 3 is 2.33 bits per heavy atom. The Kier molecular flexibility index (Phi) is 6.46. The van der Waals surface area contributed by atoms with E-state index in [0.717, 1.165) is 19.3 Å². The zero-order chi connectivity index (χ0) is 11.9. The van der Waals surface area contributed by atoms with Crippen LogP contribution < -0.4 is 0 Å². The van der Waals surface area contributed by atoms with Gasteiger partial charge in [-0.1, -0.05) is 32.6 Å². The third-order valence-corrected chi connectivity index (χ3v) is 3.18. The highest BCUT2D eigenvalue weighted by atomic mass is 32.2. The van der Waals surface area contributed by atoms with Crippen LogP contribution in [0.5, 0.6) is 0 Å². The minimum absolute atomic E-state index is 0.0434. The molecule has 0 spiro atoms. The Hall–Kier alpha value is -0.660. The molecule has 1 atom stereocenters. The van der Waals surface area contributed by atoms with Gasteiger partial charge in [0.25, 0.3) is 10.1 Å². The second kappa shape index (κ2) is 6.76. The van der Waals surface area contributed by atoms with E-state index in [0.29, 0.717) is 6.42 Å². The van der Waals surface area contributed by atoms with Crippen molar-refractivity contribution in [2.45, 2.75) is 44.3 Å². The van der Waals surface area contributed by atoms with Crippen LogP contribution in [0.15, 0.2) is 0 Å². The van der Waals surface area contributed by atoms with E-state index in [-0.39, 0.29) is 6.42 Å². The molecule has 0 saturated heterocycles. The van der Waals surface area contributed by atoms with Gasteiger partial charge >= 0.3 is 5.97 Å². The highest BCUT2D eigenvalue weighted by molar-refractivity contribution is 7.87. The van der Waals surface area contributed by atoms with Crippen molar-refractivity contribution in [3.8, 4) is 0 Å². The molecule has 0 aliphatic rings. The Morgan fingerprint density at radius 2 is 1.93 bits per heavy atom. The summed E-state index contributed by atoms with van der Waals surface area (Å²) in [4.78, 5) is 14.1. The van der Waals surface area contributed by atoms with Crippen LogP contribution in [0.25, 0.3) is 0 Å². The van der Waals surface area contributed by atoms with E-state index in [1.165, 1.54) is 0 Å². The number of carbonyl (C=O) groups excluding carboxylic acids is 1. The molecule has 1 unspecified atom stereocenters. The molecule has 0 radical (unpaired) electrons. The third-order valence-electron chi connectivity index (χ3n) is 2.03. The molecular weight excluding hydrogens is 224 g/mol. The van der Waals surface area contributed by atoms with Crippen molar-refractivity contribution < 1.29 is 27.9 Å². The normalized spacial score (nSPS) is 13.5. The predicted octanol–water partition coefficient (Wildman–Crippen LogP) is 1.23. The zero-order valence-corrected chi connectivity index (χ0v) is 9.37. The summed E-state index contributed by atoms with van der Waals surface area (Å²) < 4.78 is 30.2. The quantitative estimate of drug-likeness (QED) is 0.300. The van der Waals surface area contributed by atoms with Crippen LogP contribution in [-0.4, -0.2) is 29.4 Å². The predicted molar refractivity (Wildman–Crippen MR) is 52.8 cm³/mol. The summed E-state index contributed by atoms with van der Waals surface area (Å²) in [5, 5.41) is 6.36. The van der Waals surface area contributed by atoms with Crippen LogP contribution in [0.1, 0.15) is 39.0 Å². The van der Waals surface area contributed by atoms with Crippen LogP contribution in [0.3, 0.4) is 0 Å². The summed E-state index contributed by atoms with van der Waals surface area (Å²) in [7, 11) is -4.50. The lowest BCUT2D eigenvalue weighted by molar-refractivity contribution is -0.234. The van der Waals surface area contributed by atoms with Gasteiger partial charge in [-0.05, 0) is 6.42 Å². The molecule has 0 bridgehead atoms. The molecule has 0 saturated carbocycles. The number of rotatable bonds is 7. The maximum Gasteiger partial charge on any atom is 0.362 e. The summed E-state index contributed by atoms with van der Waals surface area (Å²) in [5.41, 5.74) is 0. The van der Waals surface area contributed by atoms with E-state index >= 15 is 0 Å². The first kappa shape index (κ1) is 14.3. The Labute approximate surface area is 88.9 Å². The summed E-state index contributed by atoms with van der Waals surface area (Å²) in [6, 6.07) is 0. The van der Waals surface area contributed by atoms with Gasteiger partial charge in [0, 0.05) is 0 Å². The summed E-state index contributed by atoms with van der Waals surface area (Å²) in [6.07, 6.45) is 3.10. The maximum absolute atomic E-state index is 10.8. The molecule has 0 heterocycles. The molecule has 0 aromatic rings. The molecule has 7 heteroatoms. The van der Waals surface area contributed by atoms with Crippen LogP contribution >= 0.6 is 0 Å². The average Bonchev–Trinajstić information content (AvgIpc) is 2.15. The van der Waals surface area contributed by atoms with Crippen molar-refractivity contribution >= 4 is 16.1 Å². The lowest BCUT2D eigenvalue weighted by Gasteiger charge is -2.09. The lowest BCUT2D eigenvalue weighted by atomic mass is 10.1. The fourth-order valence-electron chi connectivity index (χ4n) is 1.20. The molecule has 0 aliphatic carbocycles. The largest absolute Gasteiger partial charge is 0.362 e. The third kappa shape index (κ3) is 5.71. The SMILES string of the molecule is CCCCCCC(C(=O)OO)S(=O)(=O)O. The standard InChI is InChI=1S/C8H16O6S/c1-2-3-4-5-6-7(8(9)14-10)15(11,12)13/h7,10H,2-6H2,1H3,(H,11,12,13). The van der Waals surface area contributed by atoms with Gasteiger partial charge in [-0.25, -0.2) is 4.79 Å². The topological polar surface area (TPSA) is 101 Å². The van der Waals surface area contributed by atoms with Gasteiger partial charge in [0.05, 0.1) is 0 Å². The highest BCUT2D eigenvalue weighted by Gasteiger charge is 2.32. The smallest absolute Gasteiger partial charge is 0.299 e. The van der Waals surface area contributed by atoms with E-state index in [1.807, 2.05) is 6.92 Å². The van der Waals surface area contributed by atoms with Gasteiger partial charge in [-0.15, -0.1) is 0 Å². The molecular formula is C8H16O6S. The minimum Gasteiger partial charge on any atom is -0.299 e. The van der Waals surface area contributed by atoms with Crippen LogP contribution in [0, 0.1) is 0 Å². The van der Waals surface area contributed by atoms with Crippen molar-refractivity contribution in [2.75, 3.05) is 0 Å². The first-order valence-corrected chi connectivity index (χ1v) is 6.25. The van der Waals surface area contributed by atoms with E-state index in [9.17, 15) is 13.2 Å². The fraction of sp³-hybridized carbons (Fsp3) is 0.875. The lowest BCUT2D eigenvalue weighted by Crippen LogP contribution is -2.31. The van der Waals surface area contributed by atoms with Gasteiger partial charge in [0.2, 0.25) is 0 Å². The van der Waals surface area contributed by atoms with Gasteiger partial charge in [-0.3, -0.25) is 9.44 Å². The summed E-state index contributed by atoms with van der Waals surface area (Å²) in [5.74, 6) is -1.34. The van der Waals surface area contributed by atoms with E-state index in [2.05, 4.69) is 4.89 Å². The number of hydrogen-bond acceptors (Lipinski definition) is 5. The Bertz CT molecular complexity index is 284. The highest BCUT2D eigenvalue weighted by Crippen LogP contribution is 2.12. The van der Waals surface area contributed by atoms with Crippen molar-refractivity contribution in [3.05, 3.63) is 0 Å². The fourth-order valence-corrected chi connectivity index (χ4v) is 1.95. The van der Waals surface area contributed by atoms with Crippen LogP contribution in [0.4, 0.5) is 0 Å². The second-order valence-electron chi connectivity index (χ2n) is 3.26. The average molecular weight is 240 g/mol. The monoisotopic (exact) mass is 240 g/mol. The molecule has 15 heavy (non-hydrogen) atoms. The Balaban J connectivity index is 4.22. The molecule has 0 amide bonds. The van der Waals surface area contributed by atoms with Gasteiger partial charge in [0.1, 0.15) is 0 Å². The minimum atomic E-state index is -4.50. The molecule has 2 N–H and O–H groups in total. The van der Waals surface area contributed by atoms with Crippen molar-refractivity contribution in [1.82, 2.24) is 0 Å². The molecule has 0 aromatic carbocycles. The van der Waals surface area contributed by atoms with Crippen LogP contribution in [-0.2, 0) is 19.8 Å². The number of carbonyl (C=O) groups is 1. The van der Waals surface area contributed by atoms with Gasteiger partial charge < -0.3 is 0 Å². The summed E-state index contributed by atoms with van der Waals surface area (Å²) >= 11 is 0. The molecule has 0 rings (SSSR count). The second-order valence-corrected chi connectivity index (χ2v) is 4.86. The van der Waals surface area contributed by atoms with E-state index in [4.69, 9.17) is 9.81 Å². The molecule has 0 aromatic heterocycles. The molecule has 0 fully saturated rings.